The van der Waals surface area contributed by atoms with Crippen molar-refractivity contribution in [2.75, 3.05) is 0 Å². The van der Waals surface area contributed by atoms with Gasteiger partial charge in [-0.05, 0) is 103 Å². The highest BCUT2D eigenvalue weighted by atomic mass is 15.0. The lowest BCUT2D eigenvalue weighted by atomic mass is 10.0. The van der Waals surface area contributed by atoms with Gasteiger partial charge in [0.25, 0.3) is 0 Å². The Morgan fingerprint density at radius 2 is 0.852 bits per heavy atom. The number of hydrogen-bond donors (Lipinski definition) is 0. The summed E-state index contributed by atoms with van der Waals surface area (Å²) in [7, 11) is 0. The van der Waals surface area contributed by atoms with Crippen molar-refractivity contribution in [3.8, 4) is 28.8 Å². The molecule has 0 amide bonds. The zero-order valence-electron chi connectivity index (χ0n) is 33.2. The van der Waals surface area contributed by atoms with Crippen molar-refractivity contribution in [2.45, 2.75) is 6.92 Å². The summed E-state index contributed by atoms with van der Waals surface area (Å²) in [6, 6.07) is 72.0. The normalized spacial score (nSPS) is 12.0. The molecule has 284 valence electrons. The second-order valence-electron chi connectivity index (χ2n) is 16.1. The Labute approximate surface area is 350 Å². The Morgan fingerprint density at radius 3 is 1.54 bits per heavy atom. The molecule has 9 aromatic carbocycles. The number of nitrogens with zero attached hydrogens (tertiary/aromatic N) is 5. The summed E-state index contributed by atoms with van der Waals surface area (Å²) in [6.07, 6.45) is 0. The third-order valence-electron chi connectivity index (χ3n) is 12.9. The quantitative estimate of drug-likeness (QED) is 0.175. The van der Waals surface area contributed by atoms with Crippen molar-refractivity contribution in [2.24, 2.45) is 0 Å². The summed E-state index contributed by atoms with van der Waals surface area (Å²) in [5, 5.41) is 20.0. The second kappa shape index (κ2) is 12.6. The van der Waals surface area contributed by atoms with E-state index in [1.807, 2.05) is 12.1 Å². The van der Waals surface area contributed by atoms with E-state index < -0.39 is 0 Å². The maximum atomic E-state index is 10.7. The minimum Gasteiger partial charge on any atom is -0.309 e. The molecule has 0 fully saturated rings. The van der Waals surface area contributed by atoms with Crippen LogP contribution in [0.3, 0.4) is 0 Å². The number of hydrogen-bond acceptors (Lipinski definition) is 1. The van der Waals surface area contributed by atoms with Crippen LogP contribution < -0.4 is 0 Å². The van der Waals surface area contributed by atoms with E-state index in [0.29, 0.717) is 5.56 Å². The zero-order chi connectivity index (χ0) is 40.3. The molecule has 0 unspecified atom stereocenters. The highest BCUT2D eigenvalue weighted by Gasteiger charge is 2.25. The van der Waals surface area contributed by atoms with Gasteiger partial charge in [-0.1, -0.05) is 103 Å². The van der Waals surface area contributed by atoms with Crippen LogP contribution in [0.1, 0.15) is 11.1 Å². The van der Waals surface area contributed by atoms with Crippen LogP contribution in [-0.2, 0) is 0 Å². The molecule has 0 aliphatic heterocycles. The second-order valence-corrected chi connectivity index (χ2v) is 16.1. The lowest BCUT2D eigenvalue weighted by Gasteiger charge is -2.11. The minimum atomic E-state index is 0.661. The summed E-state index contributed by atoms with van der Waals surface area (Å²) in [4.78, 5) is 0. The van der Waals surface area contributed by atoms with E-state index >= 15 is 0 Å². The Morgan fingerprint density at radius 1 is 0.328 bits per heavy atom. The summed E-state index contributed by atoms with van der Waals surface area (Å²) >= 11 is 0. The Hall–Kier alpha value is -8.33. The highest BCUT2D eigenvalue weighted by molar-refractivity contribution is 6.29. The maximum Gasteiger partial charge on any atom is 0.0999 e. The molecule has 0 atom stereocenters. The first kappa shape index (κ1) is 33.6. The summed E-state index contributed by atoms with van der Waals surface area (Å²) in [5.41, 5.74) is 15.3. The van der Waals surface area contributed by atoms with Crippen LogP contribution in [0.5, 0.6) is 0 Å². The molecule has 5 nitrogen and oxygen atoms in total. The summed E-state index contributed by atoms with van der Waals surface area (Å²) < 4.78 is 9.63. The van der Waals surface area contributed by atoms with Gasteiger partial charge in [-0.2, -0.15) is 5.26 Å². The molecule has 0 N–H and O–H groups in total. The highest BCUT2D eigenvalue weighted by Crippen LogP contribution is 2.46. The average molecular weight is 778 g/mol. The van der Waals surface area contributed by atoms with Crippen molar-refractivity contribution < 1.29 is 0 Å². The lowest BCUT2D eigenvalue weighted by Crippen LogP contribution is -1.96. The number of rotatable bonds is 4. The number of para-hydroxylation sites is 5. The van der Waals surface area contributed by atoms with Gasteiger partial charge in [0.15, 0.2) is 0 Å². The van der Waals surface area contributed by atoms with E-state index in [2.05, 4.69) is 213 Å². The number of benzene rings is 9. The van der Waals surface area contributed by atoms with Crippen molar-refractivity contribution in [3.63, 3.8) is 0 Å². The Bertz CT molecular complexity index is 3990. The van der Waals surface area contributed by atoms with Gasteiger partial charge in [0.2, 0.25) is 0 Å². The fourth-order valence-corrected chi connectivity index (χ4v) is 10.5. The molecular formula is C56H35N5. The van der Waals surface area contributed by atoms with E-state index in [-0.39, 0.29) is 0 Å². The molecule has 0 saturated carbocycles. The summed E-state index contributed by atoms with van der Waals surface area (Å²) in [5.74, 6) is 0. The fourth-order valence-electron chi connectivity index (χ4n) is 10.5. The average Bonchev–Trinajstić information content (AvgIpc) is 4.04. The van der Waals surface area contributed by atoms with Gasteiger partial charge in [0.05, 0.1) is 55.8 Å². The molecule has 5 heteroatoms. The molecule has 0 aliphatic carbocycles. The monoisotopic (exact) mass is 777 g/mol. The van der Waals surface area contributed by atoms with Crippen molar-refractivity contribution in [1.82, 2.24) is 18.3 Å². The molecule has 0 spiro atoms. The van der Waals surface area contributed by atoms with Gasteiger partial charge in [-0.25, -0.2) is 0 Å². The third-order valence-corrected chi connectivity index (χ3v) is 12.9. The predicted molar refractivity (Wildman–Crippen MR) is 253 cm³/mol. The van der Waals surface area contributed by atoms with Gasteiger partial charge in [-0.15, -0.1) is 0 Å². The standard InChI is InChI=1S/C56H35N5/c1-35-32-50-53(43-24-12-14-26-46(43)58(50)37-17-5-2-6-18-37)56-51(35)44-33-40(28-30-47(44)61(56)39-21-9-4-10-22-39)59-48-27-15-16-36(34-57)52(48)54-49(59)31-29-42-41-23-11-13-25-45(41)60(55(42)54)38-19-7-3-8-20-38/h2-33H,1H3. The Balaban J connectivity index is 1.19. The molecular weight excluding hydrogens is 743 g/mol. The van der Waals surface area contributed by atoms with E-state index in [1.54, 1.807) is 0 Å². The van der Waals surface area contributed by atoms with Crippen molar-refractivity contribution in [1.29, 1.82) is 5.26 Å². The molecule has 0 bridgehead atoms. The smallest absolute Gasteiger partial charge is 0.0999 e. The van der Waals surface area contributed by atoms with Gasteiger partial charge in [-0.3, -0.25) is 0 Å². The topological polar surface area (TPSA) is 43.5 Å². The molecule has 0 saturated heterocycles. The fraction of sp³-hybridized carbons (Fsp3) is 0.0179. The molecule has 0 aliphatic rings. The number of nitriles is 1. The van der Waals surface area contributed by atoms with E-state index in [0.717, 1.165) is 66.5 Å². The van der Waals surface area contributed by atoms with Gasteiger partial charge in [0, 0.05) is 65.8 Å². The largest absolute Gasteiger partial charge is 0.309 e. The van der Waals surface area contributed by atoms with E-state index in [1.165, 1.54) is 49.0 Å². The number of aromatic nitrogens is 4. The first-order chi connectivity index (χ1) is 30.2. The Kier molecular flexibility index (Phi) is 6.94. The molecule has 4 aromatic heterocycles. The van der Waals surface area contributed by atoms with Crippen LogP contribution in [0.15, 0.2) is 194 Å². The van der Waals surface area contributed by atoms with Crippen LogP contribution >= 0.6 is 0 Å². The molecule has 0 radical (unpaired) electrons. The lowest BCUT2D eigenvalue weighted by molar-refractivity contribution is 1.16. The number of aryl methyl sites for hydroxylation is 1. The van der Waals surface area contributed by atoms with Crippen molar-refractivity contribution >= 4 is 87.2 Å². The zero-order valence-corrected chi connectivity index (χ0v) is 33.2. The van der Waals surface area contributed by atoms with E-state index in [4.69, 9.17) is 0 Å². The minimum absolute atomic E-state index is 0.661. The van der Waals surface area contributed by atoms with Crippen LogP contribution in [0.2, 0.25) is 0 Å². The SMILES string of the molecule is Cc1cc2c(c3ccccc3n2-c2ccccc2)c2c1c1cc(-n3c4cccc(C#N)c4c4c3ccc3c5ccccc5n(-c5ccccc5)c34)ccc1n2-c1ccccc1. The molecule has 13 rings (SSSR count). The van der Waals surface area contributed by atoms with Gasteiger partial charge >= 0.3 is 0 Å². The third kappa shape index (κ3) is 4.53. The van der Waals surface area contributed by atoms with Gasteiger partial charge in [0.1, 0.15) is 0 Å². The first-order valence-corrected chi connectivity index (χ1v) is 20.8. The van der Waals surface area contributed by atoms with Gasteiger partial charge < -0.3 is 18.3 Å². The van der Waals surface area contributed by atoms with E-state index in [9.17, 15) is 5.26 Å². The maximum absolute atomic E-state index is 10.7. The van der Waals surface area contributed by atoms with Crippen molar-refractivity contribution in [3.05, 3.63) is 205 Å². The first-order valence-electron chi connectivity index (χ1n) is 20.8. The van der Waals surface area contributed by atoms with Crippen LogP contribution in [0.25, 0.3) is 110 Å². The van der Waals surface area contributed by atoms with Crippen LogP contribution in [0, 0.1) is 18.3 Å². The van der Waals surface area contributed by atoms with Crippen LogP contribution in [-0.4, -0.2) is 18.3 Å². The number of fused-ring (bicyclic) bond motifs is 14. The molecule has 61 heavy (non-hydrogen) atoms. The van der Waals surface area contributed by atoms with Crippen LogP contribution in [0.4, 0.5) is 0 Å². The molecule has 4 heterocycles. The predicted octanol–water partition coefficient (Wildman–Crippen LogP) is 14.3. The summed E-state index contributed by atoms with van der Waals surface area (Å²) in [6.45, 7) is 2.26. The molecule has 13 aromatic rings.